The second-order valence-electron chi connectivity index (χ2n) is 6.38. The number of amides is 1. The summed E-state index contributed by atoms with van der Waals surface area (Å²) in [5, 5.41) is 2.78. The molecule has 7 nitrogen and oxygen atoms in total. The summed E-state index contributed by atoms with van der Waals surface area (Å²) in [6.07, 6.45) is 1.42. The largest absolute Gasteiger partial charge is 0.454 e. The van der Waals surface area contributed by atoms with Gasteiger partial charge in [0, 0.05) is 11.8 Å². The zero-order chi connectivity index (χ0) is 19.6. The van der Waals surface area contributed by atoms with Crippen LogP contribution in [-0.4, -0.2) is 33.4 Å². The number of nitrogens with zero attached hydrogens (tertiary/aromatic N) is 1. The van der Waals surface area contributed by atoms with Gasteiger partial charge < -0.3 is 14.8 Å². The van der Waals surface area contributed by atoms with Gasteiger partial charge in [-0.1, -0.05) is 19.1 Å². The van der Waals surface area contributed by atoms with Crippen molar-refractivity contribution >= 4 is 27.3 Å². The summed E-state index contributed by atoms with van der Waals surface area (Å²) >= 11 is 0. The molecular weight excluding hydrogens is 368 g/mol. The molecular formula is C19H22N2O5S. The molecule has 144 valence electrons. The predicted octanol–water partition coefficient (Wildman–Crippen LogP) is 2.91. The molecule has 1 heterocycles. The third kappa shape index (κ3) is 4.16. The lowest BCUT2D eigenvalue weighted by molar-refractivity contribution is -0.117. The van der Waals surface area contributed by atoms with Crippen molar-refractivity contribution in [3.8, 4) is 11.5 Å². The van der Waals surface area contributed by atoms with Crippen molar-refractivity contribution in [3.05, 3.63) is 48.0 Å². The van der Waals surface area contributed by atoms with Gasteiger partial charge in [-0.15, -0.1) is 0 Å². The van der Waals surface area contributed by atoms with Crippen LogP contribution in [0.2, 0.25) is 0 Å². The average molecular weight is 390 g/mol. The van der Waals surface area contributed by atoms with E-state index in [1.165, 1.54) is 4.31 Å². The fourth-order valence-corrected chi connectivity index (χ4v) is 4.23. The maximum Gasteiger partial charge on any atom is 0.248 e. The van der Waals surface area contributed by atoms with Crippen molar-refractivity contribution in [1.29, 1.82) is 0 Å². The quantitative estimate of drug-likeness (QED) is 0.820. The van der Waals surface area contributed by atoms with Crippen molar-refractivity contribution in [2.45, 2.75) is 26.3 Å². The molecule has 0 saturated carbocycles. The molecule has 0 aromatic heterocycles. The Balaban J connectivity index is 1.89. The molecule has 1 atom stereocenters. The van der Waals surface area contributed by atoms with Gasteiger partial charge in [-0.25, -0.2) is 8.42 Å². The van der Waals surface area contributed by atoms with E-state index in [2.05, 4.69) is 5.32 Å². The van der Waals surface area contributed by atoms with E-state index in [0.29, 0.717) is 29.3 Å². The highest BCUT2D eigenvalue weighted by atomic mass is 32.2. The van der Waals surface area contributed by atoms with Crippen molar-refractivity contribution < 1.29 is 22.7 Å². The molecule has 1 N–H and O–H groups in total. The van der Waals surface area contributed by atoms with Gasteiger partial charge in [0.05, 0.1) is 11.9 Å². The summed E-state index contributed by atoms with van der Waals surface area (Å²) in [4.78, 5) is 12.9. The monoisotopic (exact) mass is 390 g/mol. The van der Waals surface area contributed by atoms with Gasteiger partial charge in [-0.3, -0.25) is 9.10 Å². The molecule has 0 bridgehead atoms. The Morgan fingerprint density at radius 2 is 1.93 bits per heavy atom. The Morgan fingerprint density at radius 1 is 1.19 bits per heavy atom. The zero-order valence-electron chi connectivity index (χ0n) is 15.4. The van der Waals surface area contributed by atoms with Gasteiger partial charge in [0.2, 0.25) is 22.7 Å². The average Bonchev–Trinajstić information content (AvgIpc) is 3.06. The normalized spacial score (nSPS) is 13.9. The van der Waals surface area contributed by atoms with Crippen molar-refractivity contribution in [2.75, 3.05) is 22.7 Å². The number of hydrogen-bond acceptors (Lipinski definition) is 5. The highest BCUT2D eigenvalue weighted by molar-refractivity contribution is 7.92. The number of rotatable bonds is 6. The highest BCUT2D eigenvalue weighted by Crippen LogP contribution is 2.34. The number of ether oxygens (including phenoxy) is 2. The second-order valence-corrected chi connectivity index (χ2v) is 8.24. The number of anilines is 2. The molecule has 2 aromatic carbocycles. The number of carbonyl (C=O) groups is 1. The van der Waals surface area contributed by atoms with Gasteiger partial charge >= 0.3 is 0 Å². The Bertz CT molecular complexity index is 958. The number of sulfonamides is 1. The predicted molar refractivity (Wildman–Crippen MR) is 104 cm³/mol. The first-order valence-electron chi connectivity index (χ1n) is 8.56. The maximum absolute atomic E-state index is 12.9. The SMILES string of the molecule is CC[C@@H](C(=O)Nc1ccc2c(c1)OCO2)N(c1cccc(C)c1)S(C)(=O)=O. The van der Waals surface area contributed by atoms with Crippen LogP contribution >= 0.6 is 0 Å². The third-order valence-electron chi connectivity index (χ3n) is 4.23. The van der Waals surface area contributed by atoms with Crippen LogP contribution in [0.15, 0.2) is 42.5 Å². The number of carbonyl (C=O) groups excluding carboxylic acids is 1. The first-order valence-corrected chi connectivity index (χ1v) is 10.4. The summed E-state index contributed by atoms with van der Waals surface area (Å²) in [7, 11) is -3.67. The molecule has 8 heteroatoms. The van der Waals surface area contributed by atoms with Gasteiger partial charge in [0.1, 0.15) is 6.04 Å². The molecule has 3 rings (SSSR count). The van der Waals surface area contributed by atoms with Gasteiger partial charge in [-0.2, -0.15) is 0 Å². The van der Waals surface area contributed by atoms with Crippen LogP contribution in [-0.2, 0) is 14.8 Å². The molecule has 0 aliphatic carbocycles. The summed E-state index contributed by atoms with van der Waals surface area (Å²) in [6, 6.07) is 11.2. The van der Waals surface area contributed by atoms with Crippen LogP contribution in [0, 0.1) is 6.92 Å². The van der Waals surface area contributed by atoms with Crippen LogP contribution in [0.1, 0.15) is 18.9 Å². The summed E-state index contributed by atoms with van der Waals surface area (Å²) < 4.78 is 36.7. The highest BCUT2D eigenvalue weighted by Gasteiger charge is 2.31. The lowest BCUT2D eigenvalue weighted by Gasteiger charge is -2.30. The van der Waals surface area contributed by atoms with Gasteiger partial charge in [0.15, 0.2) is 11.5 Å². The molecule has 1 aliphatic heterocycles. The molecule has 0 saturated heterocycles. The summed E-state index contributed by atoms with van der Waals surface area (Å²) in [6.45, 7) is 3.79. The number of nitrogens with one attached hydrogen (secondary N) is 1. The van der Waals surface area contributed by atoms with E-state index in [4.69, 9.17) is 9.47 Å². The topological polar surface area (TPSA) is 84.9 Å². The number of benzene rings is 2. The fourth-order valence-electron chi connectivity index (χ4n) is 3.03. The number of fused-ring (bicyclic) bond motifs is 1. The standard InChI is InChI=1S/C19H22N2O5S/c1-4-16(21(27(3,23)24)15-7-5-6-13(2)10-15)19(22)20-14-8-9-17-18(11-14)26-12-25-17/h5-11,16H,4,12H2,1-3H3,(H,20,22)/t16-/m0/s1. The van der Waals surface area contributed by atoms with Crippen LogP contribution in [0.25, 0.3) is 0 Å². The minimum atomic E-state index is -3.67. The van der Waals surface area contributed by atoms with E-state index < -0.39 is 22.0 Å². The van der Waals surface area contributed by atoms with Crippen molar-refractivity contribution in [1.82, 2.24) is 0 Å². The molecule has 1 aliphatic rings. The first kappa shape index (κ1) is 19.0. The third-order valence-corrected chi connectivity index (χ3v) is 5.41. The van der Waals surface area contributed by atoms with Crippen LogP contribution < -0.4 is 19.1 Å². The molecule has 1 amide bonds. The van der Waals surface area contributed by atoms with Gasteiger partial charge in [0.25, 0.3) is 0 Å². The maximum atomic E-state index is 12.9. The van der Waals surface area contributed by atoms with E-state index in [-0.39, 0.29) is 6.79 Å². The lowest BCUT2D eigenvalue weighted by atomic mass is 10.1. The summed E-state index contributed by atoms with van der Waals surface area (Å²) in [5.74, 6) is 0.736. The molecule has 0 radical (unpaired) electrons. The Morgan fingerprint density at radius 3 is 2.59 bits per heavy atom. The minimum absolute atomic E-state index is 0.138. The fraction of sp³-hybridized carbons (Fsp3) is 0.316. The lowest BCUT2D eigenvalue weighted by Crippen LogP contribution is -2.47. The van der Waals surface area contributed by atoms with Crippen LogP contribution in [0.4, 0.5) is 11.4 Å². The molecule has 0 unspecified atom stereocenters. The molecule has 0 fully saturated rings. The second kappa shape index (κ2) is 7.48. The minimum Gasteiger partial charge on any atom is -0.454 e. The first-order chi connectivity index (χ1) is 12.8. The van der Waals surface area contributed by atoms with E-state index in [1.807, 2.05) is 13.0 Å². The van der Waals surface area contributed by atoms with Crippen LogP contribution in [0.5, 0.6) is 11.5 Å². The van der Waals surface area contributed by atoms with Gasteiger partial charge in [-0.05, 0) is 43.2 Å². The Labute approximate surface area is 158 Å². The van der Waals surface area contributed by atoms with E-state index in [0.717, 1.165) is 11.8 Å². The van der Waals surface area contributed by atoms with E-state index >= 15 is 0 Å². The molecule has 0 spiro atoms. The number of hydrogen-bond donors (Lipinski definition) is 1. The smallest absolute Gasteiger partial charge is 0.248 e. The van der Waals surface area contributed by atoms with Crippen molar-refractivity contribution in [2.24, 2.45) is 0 Å². The molecule has 27 heavy (non-hydrogen) atoms. The van der Waals surface area contributed by atoms with Crippen LogP contribution in [0.3, 0.4) is 0 Å². The zero-order valence-corrected chi connectivity index (χ0v) is 16.2. The van der Waals surface area contributed by atoms with Crippen molar-refractivity contribution in [3.63, 3.8) is 0 Å². The van der Waals surface area contributed by atoms with E-state index in [9.17, 15) is 13.2 Å². The Hall–Kier alpha value is -2.74. The van der Waals surface area contributed by atoms with E-state index in [1.54, 1.807) is 43.3 Å². The molecule has 2 aromatic rings. The number of aryl methyl sites for hydroxylation is 1. The summed E-state index contributed by atoms with van der Waals surface area (Å²) in [5.41, 5.74) is 1.89. The Kier molecular flexibility index (Phi) is 5.27.